The van der Waals surface area contributed by atoms with Crippen LogP contribution in [-0.2, 0) is 4.79 Å². The zero-order valence-electron chi connectivity index (χ0n) is 18.1. The van der Waals surface area contributed by atoms with E-state index in [9.17, 15) is 18.0 Å². The predicted octanol–water partition coefficient (Wildman–Crippen LogP) is 4.69. The lowest BCUT2D eigenvalue weighted by Crippen LogP contribution is -2.51. The average molecular weight is 455 g/mol. The number of fused-ring (bicyclic) bond motifs is 2. The number of rotatable bonds is 5. The average Bonchev–Trinajstić information content (AvgIpc) is 3.19. The quantitative estimate of drug-likeness (QED) is 0.605. The lowest BCUT2D eigenvalue weighted by Gasteiger charge is -2.39. The van der Waals surface area contributed by atoms with Crippen molar-refractivity contribution >= 4 is 28.2 Å². The number of nitrogens with zero attached hydrogens (tertiary/aromatic N) is 4. The Kier molecular flexibility index (Phi) is 5.55. The number of alkyl halides is 2. The van der Waals surface area contributed by atoms with Crippen LogP contribution in [0.4, 0.5) is 24.5 Å². The summed E-state index contributed by atoms with van der Waals surface area (Å²) in [4.78, 5) is 16.2. The van der Waals surface area contributed by atoms with Gasteiger partial charge >= 0.3 is 0 Å². The summed E-state index contributed by atoms with van der Waals surface area (Å²) in [5.74, 6) is -0.666. The Balaban J connectivity index is 1.42. The highest BCUT2D eigenvalue weighted by Crippen LogP contribution is 2.33. The van der Waals surface area contributed by atoms with Crippen LogP contribution in [0.25, 0.3) is 10.9 Å². The summed E-state index contributed by atoms with van der Waals surface area (Å²) in [7, 11) is 0. The van der Waals surface area contributed by atoms with Crippen LogP contribution in [0, 0.1) is 5.82 Å². The van der Waals surface area contributed by atoms with E-state index in [0.717, 1.165) is 36.7 Å². The molecular weight excluding hydrogens is 431 g/mol. The normalized spacial score (nSPS) is 19.3. The van der Waals surface area contributed by atoms with Crippen LogP contribution in [0.5, 0.6) is 0 Å². The zero-order valence-corrected chi connectivity index (χ0v) is 18.1. The van der Waals surface area contributed by atoms with Gasteiger partial charge in [-0.05, 0) is 31.5 Å². The van der Waals surface area contributed by atoms with E-state index >= 15 is 0 Å². The maximum Gasteiger partial charge on any atom is 0.266 e. The van der Waals surface area contributed by atoms with E-state index in [1.165, 1.54) is 12.1 Å². The van der Waals surface area contributed by atoms with Gasteiger partial charge in [0.25, 0.3) is 6.43 Å². The number of halogens is 3. The first-order valence-electron chi connectivity index (χ1n) is 11.0. The molecule has 0 saturated carbocycles. The summed E-state index contributed by atoms with van der Waals surface area (Å²) in [6.07, 6.45) is 0.174. The number of benzene rings is 2. The van der Waals surface area contributed by atoms with E-state index in [1.807, 2.05) is 23.1 Å². The second kappa shape index (κ2) is 8.53. The molecule has 2 aliphatic rings. The van der Waals surface area contributed by atoms with Crippen LogP contribution in [-0.4, -0.2) is 46.7 Å². The Morgan fingerprint density at radius 2 is 1.97 bits per heavy atom. The van der Waals surface area contributed by atoms with Crippen molar-refractivity contribution in [2.75, 3.05) is 29.9 Å². The summed E-state index contributed by atoms with van der Waals surface area (Å²) < 4.78 is 40.9. The van der Waals surface area contributed by atoms with Crippen molar-refractivity contribution < 1.29 is 18.0 Å². The highest BCUT2D eigenvalue weighted by Gasteiger charge is 2.35. The molecular formula is C24H24F3N5O. The monoisotopic (exact) mass is 455 g/mol. The highest BCUT2D eigenvalue weighted by atomic mass is 19.3. The van der Waals surface area contributed by atoms with Crippen LogP contribution in [0.1, 0.15) is 43.4 Å². The van der Waals surface area contributed by atoms with Crippen LogP contribution >= 0.6 is 0 Å². The van der Waals surface area contributed by atoms with Crippen LogP contribution in [0.2, 0.25) is 0 Å². The third-order valence-corrected chi connectivity index (χ3v) is 6.61. The van der Waals surface area contributed by atoms with Crippen molar-refractivity contribution in [2.24, 2.45) is 0 Å². The lowest BCUT2D eigenvalue weighted by atomic mass is 10.0. The van der Waals surface area contributed by atoms with Gasteiger partial charge < -0.3 is 15.1 Å². The summed E-state index contributed by atoms with van der Waals surface area (Å²) in [6, 6.07) is 9.60. The second-order valence-corrected chi connectivity index (χ2v) is 8.60. The molecule has 0 aliphatic carbocycles. The van der Waals surface area contributed by atoms with Gasteiger partial charge in [0.1, 0.15) is 5.82 Å². The van der Waals surface area contributed by atoms with E-state index in [-0.39, 0.29) is 17.5 Å². The van der Waals surface area contributed by atoms with E-state index in [4.69, 9.17) is 0 Å². The molecule has 0 spiro atoms. The molecule has 1 amide bonds. The maximum atomic E-state index is 14.6. The topological polar surface area (TPSA) is 61.4 Å². The molecule has 9 heteroatoms. The fraction of sp³-hybridized carbons (Fsp3) is 0.375. The molecule has 1 aromatic heterocycles. The third kappa shape index (κ3) is 3.96. The van der Waals surface area contributed by atoms with Crippen molar-refractivity contribution in [1.29, 1.82) is 0 Å². The molecule has 3 aromatic rings. The standard InChI is InChI=1S/C24H24F3N5O/c1-14(17-3-2-4-18(23(17)25)24(26)27)29-21-12-28-30-20-7-5-15(11-19(20)21)31-9-10-32-16(13-31)6-8-22(32)33/h2-5,7,11-12,14,16,24H,6,8-10,13H2,1H3,(H,29,30)/t14-,16+/m1/s1. The van der Waals surface area contributed by atoms with Crippen LogP contribution in [0.3, 0.4) is 0 Å². The fourth-order valence-corrected chi connectivity index (χ4v) is 4.84. The van der Waals surface area contributed by atoms with Gasteiger partial charge in [-0.1, -0.05) is 18.2 Å². The minimum Gasteiger partial charge on any atom is -0.377 e. The lowest BCUT2D eigenvalue weighted by molar-refractivity contribution is -0.129. The molecule has 2 aromatic carbocycles. The largest absolute Gasteiger partial charge is 0.377 e. The number of hydrogen-bond donors (Lipinski definition) is 1. The molecule has 33 heavy (non-hydrogen) atoms. The van der Waals surface area contributed by atoms with E-state index in [1.54, 1.807) is 13.1 Å². The maximum absolute atomic E-state index is 14.6. The van der Waals surface area contributed by atoms with Gasteiger partial charge in [0.05, 0.1) is 29.0 Å². The van der Waals surface area contributed by atoms with Crippen molar-refractivity contribution in [3.63, 3.8) is 0 Å². The minimum absolute atomic E-state index is 0.163. The number of aromatic nitrogens is 2. The first-order valence-corrected chi connectivity index (χ1v) is 11.0. The fourth-order valence-electron chi connectivity index (χ4n) is 4.84. The number of carbonyl (C=O) groups excluding carboxylic acids is 1. The van der Waals surface area contributed by atoms with Gasteiger partial charge in [0.15, 0.2) is 0 Å². The molecule has 2 fully saturated rings. The molecule has 6 nitrogen and oxygen atoms in total. The summed E-state index contributed by atoms with van der Waals surface area (Å²) in [6.45, 7) is 3.95. The molecule has 172 valence electrons. The first-order chi connectivity index (χ1) is 15.9. The number of nitrogens with one attached hydrogen (secondary N) is 1. The van der Waals surface area contributed by atoms with Crippen molar-refractivity contribution in [2.45, 2.75) is 38.3 Å². The second-order valence-electron chi connectivity index (χ2n) is 8.60. The molecule has 5 rings (SSSR count). The molecule has 2 saturated heterocycles. The molecule has 2 aliphatic heterocycles. The van der Waals surface area contributed by atoms with E-state index < -0.39 is 23.8 Å². The number of piperazine rings is 1. The molecule has 0 radical (unpaired) electrons. The van der Waals surface area contributed by atoms with Gasteiger partial charge in [-0.25, -0.2) is 13.2 Å². The Hall–Kier alpha value is -3.36. The van der Waals surface area contributed by atoms with Crippen LogP contribution in [0.15, 0.2) is 42.6 Å². The van der Waals surface area contributed by atoms with Gasteiger partial charge in [-0.15, -0.1) is 0 Å². The van der Waals surface area contributed by atoms with Gasteiger partial charge in [0, 0.05) is 48.7 Å². The number of amides is 1. The predicted molar refractivity (Wildman–Crippen MR) is 120 cm³/mol. The smallest absolute Gasteiger partial charge is 0.266 e. The number of hydrogen-bond acceptors (Lipinski definition) is 5. The molecule has 0 bridgehead atoms. The van der Waals surface area contributed by atoms with Crippen molar-refractivity contribution in [3.05, 3.63) is 59.5 Å². The first kappa shape index (κ1) is 21.5. The number of anilines is 2. The Morgan fingerprint density at radius 1 is 1.15 bits per heavy atom. The van der Waals surface area contributed by atoms with Gasteiger partial charge in [0.2, 0.25) is 5.91 Å². The van der Waals surface area contributed by atoms with Gasteiger partial charge in [-0.3, -0.25) is 4.79 Å². The number of carbonyl (C=O) groups is 1. The summed E-state index contributed by atoms with van der Waals surface area (Å²) >= 11 is 0. The van der Waals surface area contributed by atoms with E-state index in [0.29, 0.717) is 24.2 Å². The SMILES string of the molecule is C[C@@H](Nc1cnnc2ccc(N3CCN4C(=O)CC[C@H]4C3)cc12)c1cccc(C(F)F)c1F. The summed E-state index contributed by atoms with van der Waals surface area (Å²) in [5, 5.41) is 12.3. The highest BCUT2D eigenvalue weighted by molar-refractivity contribution is 5.93. The van der Waals surface area contributed by atoms with Crippen LogP contribution < -0.4 is 10.2 Å². The van der Waals surface area contributed by atoms with E-state index in [2.05, 4.69) is 20.4 Å². The Labute approximate surface area is 189 Å². The minimum atomic E-state index is -2.88. The zero-order chi connectivity index (χ0) is 23.1. The summed E-state index contributed by atoms with van der Waals surface area (Å²) in [5.41, 5.74) is 1.89. The molecule has 2 atom stereocenters. The molecule has 1 N–H and O–H groups in total. The van der Waals surface area contributed by atoms with Crippen molar-refractivity contribution in [1.82, 2.24) is 15.1 Å². The molecule has 0 unspecified atom stereocenters. The van der Waals surface area contributed by atoms with Crippen molar-refractivity contribution in [3.8, 4) is 0 Å². The van der Waals surface area contributed by atoms with Gasteiger partial charge in [-0.2, -0.15) is 10.2 Å². The third-order valence-electron chi connectivity index (χ3n) is 6.61. The molecule has 3 heterocycles. The Bertz CT molecular complexity index is 1200. The Morgan fingerprint density at radius 3 is 2.79 bits per heavy atom.